The minimum absolute atomic E-state index is 0.0787. The van der Waals surface area contributed by atoms with Gasteiger partial charge in [-0.2, -0.15) is 5.10 Å². The lowest BCUT2D eigenvalue weighted by Gasteiger charge is -2.34. The second-order valence-corrected chi connectivity index (χ2v) is 7.16. The van der Waals surface area contributed by atoms with Gasteiger partial charge in [-0.3, -0.25) is 5.01 Å². The summed E-state index contributed by atoms with van der Waals surface area (Å²) in [5.41, 5.74) is 4.23. The first-order valence-electron chi connectivity index (χ1n) is 9.74. The maximum absolute atomic E-state index is 12.0. The van der Waals surface area contributed by atoms with E-state index in [0.29, 0.717) is 6.61 Å². The number of esters is 1. The Morgan fingerprint density at radius 3 is 2.82 bits per heavy atom. The van der Waals surface area contributed by atoms with E-state index in [1.807, 2.05) is 31.0 Å². The standard InChI is InChI=1S/C23H25N2O3/c1-4-28-21(26)14-15(2)25-23(16-8-5-6-9-16)19-13-12-17-18(22(19)24-25)10-7-11-20(17)27-3/h5-11,14,19,23H,4,12-13H2,1-3H3/b15-14-. The van der Waals surface area contributed by atoms with Crippen LogP contribution in [0.2, 0.25) is 0 Å². The first-order chi connectivity index (χ1) is 13.6. The number of rotatable bonds is 5. The summed E-state index contributed by atoms with van der Waals surface area (Å²) in [4.78, 5) is 12.0. The first-order valence-corrected chi connectivity index (χ1v) is 9.74. The second kappa shape index (κ2) is 7.98. The lowest BCUT2D eigenvalue weighted by molar-refractivity contribution is -0.137. The number of methoxy groups -OCH3 is 1. The number of carbonyl (C=O) groups is 1. The Bertz CT molecular complexity index is 808. The topological polar surface area (TPSA) is 51.1 Å². The van der Waals surface area contributed by atoms with Crippen LogP contribution in [0, 0.1) is 37.5 Å². The van der Waals surface area contributed by atoms with Gasteiger partial charge in [0.15, 0.2) is 0 Å². The molecule has 0 aromatic heterocycles. The lowest BCUT2D eigenvalue weighted by atomic mass is 9.75. The highest BCUT2D eigenvalue weighted by molar-refractivity contribution is 6.06. The molecule has 0 bridgehead atoms. The van der Waals surface area contributed by atoms with Crippen molar-refractivity contribution in [3.63, 3.8) is 0 Å². The van der Waals surface area contributed by atoms with Crippen molar-refractivity contribution in [1.29, 1.82) is 0 Å². The molecule has 4 rings (SSSR count). The quantitative estimate of drug-likeness (QED) is 0.582. The van der Waals surface area contributed by atoms with Gasteiger partial charge in [-0.1, -0.05) is 12.1 Å². The third-order valence-corrected chi connectivity index (χ3v) is 5.55. The summed E-state index contributed by atoms with van der Waals surface area (Å²) < 4.78 is 10.7. The molecule has 0 amide bonds. The van der Waals surface area contributed by atoms with E-state index in [-0.39, 0.29) is 17.9 Å². The van der Waals surface area contributed by atoms with Gasteiger partial charge in [-0.05, 0) is 58.4 Å². The van der Waals surface area contributed by atoms with E-state index in [2.05, 4.69) is 31.7 Å². The molecule has 0 N–H and O–H groups in total. The zero-order valence-electron chi connectivity index (χ0n) is 16.5. The summed E-state index contributed by atoms with van der Waals surface area (Å²) in [5.74, 6) is 2.07. The van der Waals surface area contributed by atoms with Crippen LogP contribution in [0.5, 0.6) is 5.75 Å². The highest BCUT2D eigenvalue weighted by Gasteiger charge is 2.46. The number of nitrogens with zero attached hydrogens (tertiary/aromatic N) is 2. The van der Waals surface area contributed by atoms with E-state index in [0.717, 1.165) is 35.6 Å². The van der Waals surface area contributed by atoms with Crippen LogP contribution in [0.15, 0.2) is 35.1 Å². The number of ether oxygens (including phenoxy) is 2. The number of benzene rings is 1. The summed E-state index contributed by atoms with van der Waals surface area (Å²) in [6.07, 6.45) is 11.8. The smallest absolute Gasteiger partial charge is 0.332 e. The fourth-order valence-corrected chi connectivity index (χ4v) is 4.35. The third-order valence-electron chi connectivity index (χ3n) is 5.55. The fraction of sp³-hybridized carbons (Fsp3) is 0.348. The van der Waals surface area contributed by atoms with Crippen LogP contribution in [0.3, 0.4) is 0 Å². The highest BCUT2D eigenvalue weighted by Crippen LogP contribution is 2.45. The molecule has 1 aromatic rings. The average Bonchev–Trinajstić information content (AvgIpc) is 3.34. The van der Waals surface area contributed by atoms with Crippen LogP contribution >= 0.6 is 0 Å². The SMILES string of the molecule is CCOC(=O)/C=C(/C)N1N=C2c3cccc(OC)c3CCC2C1[C]1[CH][CH][CH][CH]1. The molecule has 1 aromatic carbocycles. The largest absolute Gasteiger partial charge is 0.496 e. The molecule has 5 radical (unpaired) electrons. The predicted molar refractivity (Wildman–Crippen MR) is 108 cm³/mol. The van der Waals surface area contributed by atoms with Crippen molar-refractivity contribution in [2.24, 2.45) is 11.0 Å². The van der Waals surface area contributed by atoms with Crippen molar-refractivity contribution in [2.45, 2.75) is 32.7 Å². The molecule has 0 spiro atoms. The van der Waals surface area contributed by atoms with Gasteiger partial charge in [0.2, 0.25) is 0 Å². The zero-order chi connectivity index (χ0) is 19.7. The van der Waals surface area contributed by atoms with Crippen molar-refractivity contribution in [3.05, 3.63) is 72.7 Å². The molecule has 0 saturated heterocycles. The normalized spacial score (nSPS) is 24.6. The average molecular weight is 377 g/mol. The molecule has 2 atom stereocenters. The monoisotopic (exact) mass is 377 g/mol. The molecule has 1 aliphatic heterocycles. The highest BCUT2D eigenvalue weighted by atomic mass is 16.5. The van der Waals surface area contributed by atoms with Gasteiger partial charge in [-0.25, -0.2) is 4.79 Å². The summed E-state index contributed by atoms with van der Waals surface area (Å²) in [6.45, 7) is 4.09. The second-order valence-electron chi connectivity index (χ2n) is 7.16. The Morgan fingerprint density at radius 2 is 2.11 bits per heavy atom. The summed E-state index contributed by atoms with van der Waals surface area (Å²) in [7, 11) is 1.71. The van der Waals surface area contributed by atoms with E-state index in [9.17, 15) is 4.79 Å². The van der Waals surface area contributed by atoms with E-state index in [1.54, 1.807) is 7.11 Å². The Morgan fingerprint density at radius 1 is 1.32 bits per heavy atom. The summed E-state index contributed by atoms with van der Waals surface area (Å²) in [5, 5.41) is 6.98. The van der Waals surface area contributed by atoms with Gasteiger partial charge < -0.3 is 9.47 Å². The molecule has 145 valence electrons. The van der Waals surface area contributed by atoms with Crippen LogP contribution in [-0.2, 0) is 16.0 Å². The number of fused-ring (bicyclic) bond motifs is 3. The van der Waals surface area contributed by atoms with Gasteiger partial charge in [-0.15, -0.1) is 0 Å². The van der Waals surface area contributed by atoms with Gasteiger partial charge in [0.05, 0.1) is 25.5 Å². The molecule has 1 fully saturated rings. The molecule has 2 aliphatic carbocycles. The fourth-order valence-electron chi connectivity index (χ4n) is 4.35. The van der Waals surface area contributed by atoms with Crippen molar-refractivity contribution in [3.8, 4) is 5.75 Å². The summed E-state index contributed by atoms with van der Waals surface area (Å²) in [6, 6.07) is 6.23. The molecule has 1 saturated carbocycles. The van der Waals surface area contributed by atoms with Crippen LogP contribution in [-0.4, -0.2) is 36.4 Å². The van der Waals surface area contributed by atoms with Crippen molar-refractivity contribution in [1.82, 2.24) is 5.01 Å². The van der Waals surface area contributed by atoms with E-state index < -0.39 is 0 Å². The van der Waals surface area contributed by atoms with Crippen molar-refractivity contribution >= 4 is 11.7 Å². The Kier molecular flexibility index (Phi) is 5.42. The number of hydrogen-bond donors (Lipinski definition) is 0. The Labute approximate surface area is 167 Å². The van der Waals surface area contributed by atoms with E-state index >= 15 is 0 Å². The molecular weight excluding hydrogens is 352 g/mol. The zero-order valence-corrected chi connectivity index (χ0v) is 16.5. The van der Waals surface area contributed by atoms with Crippen LogP contribution in [0.4, 0.5) is 0 Å². The molecular formula is C23H25N2O3. The minimum Gasteiger partial charge on any atom is -0.496 e. The molecule has 1 heterocycles. The number of hydrazone groups is 1. The van der Waals surface area contributed by atoms with Crippen molar-refractivity contribution in [2.75, 3.05) is 13.7 Å². The molecule has 28 heavy (non-hydrogen) atoms. The maximum Gasteiger partial charge on any atom is 0.332 e. The number of allylic oxidation sites excluding steroid dienone is 1. The summed E-state index contributed by atoms with van der Waals surface area (Å²) >= 11 is 0. The number of hydrogen-bond acceptors (Lipinski definition) is 5. The van der Waals surface area contributed by atoms with Gasteiger partial charge >= 0.3 is 5.97 Å². The van der Waals surface area contributed by atoms with Gasteiger partial charge in [0.1, 0.15) is 5.75 Å². The molecule has 2 unspecified atom stereocenters. The van der Waals surface area contributed by atoms with Crippen LogP contribution in [0.1, 0.15) is 31.4 Å². The van der Waals surface area contributed by atoms with Crippen LogP contribution < -0.4 is 4.74 Å². The van der Waals surface area contributed by atoms with Crippen molar-refractivity contribution < 1.29 is 14.3 Å². The van der Waals surface area contributed by atoms with E-state index in [1.165, 1.54) is 17.6 Å². The molecule has 3 aliphatic rings. The third kappa shape index (κ3) is 3.31. The van der Waals surface area contributed by atoms with Gasteiger partial charge in [0.25, 0.3) is 0 Å². The molecule has 5 nitrogen and oxygen atoms in total. The Balaban J connectivity index is 1.73. The number of carbonyl (C=O) groups excluding carboxylic acids is 1. The van der Waals surface area contributed by atoms with Gasteiger partial charge in [0, 0.05) is 34.7 Å². The maximum atomic E-state index is 12.0. The van der Waals surface area contributed by atoms with E-state index in [4.69, 9.17) is 14.6 Å². The lowest BCUT2D eigenvalue weighted by Crippen LogP contribution is -2.39. The minimum atomic E-state index is -0.335. The Hall–Kier alpha value is -2.30. The first kappa shape index (κ1) is 19.0. The predicted octanol–water partition coefficient (Wildman–Crippen LogP) is 3.52. The van der Waals surface area contributed by atoms with Crippen LogP contribution in [0.25, 0.3) is 0 Å². The molecule has 5 heteroatoms.